The number of amides is 1. The van der Waals surface area contributed by atoms with E-state index in [4.69, 9.17) is 16.6 Å². The number of thiazole rings is 1. The molecule has 2 aromatic rings. The SMILES string of the molecule is CC(C)c1csc(CN2CCCC(CNC(=O)C3(c4ccc(Cl)cc4)CC3)C2)n1. The normalized spacial score (nSPS) is 21.3. The molecule has 4 nitrogen and oxygen atoms in total. The minimum atomic E-state index is -0.326. The van der Waals surface area contributed by atoms with Crippen molar-refractivity contribution in [2.45, 2.75) is 57.4 Å². The maximum absolute atomic E-state index is 12.9. The van der Waals surface area contributed by atoms with Gasteiger partial charge in [0.15, 0.2) is 0 Å². The highest BCUT2D eigenvalue weighted by atomic mass is 35.5. The van der Waals surface area contributed by atoms with Gasteiger partial charge >= 0.3 is 0 Å². The molecule has 0 spiro atoms. The third-order valence-electron chi connectivity index (χ3n) is 6.26. The topological polar surface area (TPSA) is 45.2 Å². The number of piperidine rings is 1. The zero-order chi connectivity index (χ0) is 20.4. The molecular formula is C23H30ClN3OS. The zero-order valence-electron chi connectivity index (χ0n) is 17.3. The van der Waals surface area contributed by atoms with Crippen molar-refractivity contribution in [3.8, 4) is 0 Å². The van der Waals surface area contributed by atoms with E-state index in [1.165, 1.54) is 23.5 Å². The van der Waals surface area contributed by atoms with Crippen molar-refractivity contribution in [3.63, 3.8) is 0 Å². The van der Waals surface area contributed by atoms with Gasteiger partial charge in [-0.25, -0.2) is 4.98 Å². The van der Waals surface area contributed by atoms with E-state index in [0.717, 1.165) is 44.6 Å². The van der Waals surface area contributed by atoms with Gasteiger partial charge in [0.1, 0.15) is 5.01 Å². The Labute approximate surface area is 182 Å². The first-order valence-corrected chi connectivity index (χ1v) is 11.9. The number of benzene rings is 1. The standard InChI is InChI=1S/C23H30ClN3OS/c1-16(2)20-15-29-21(26-20)14-27-11-3-4-17(13-27)12-25-22(28)23(9-10-23)18-5-7-19(24)8-6-18/h5-8,15-17H,3-4,9-14H2,1-2H3,(H,25,28). The summed E-state index contributed by atoms with van der Waals surface area (Å²) >= 11 is 7.77. The van der Waals surface area contributed by atoms with E-state index in [9.17, 15) is 4.79 Å². The van der Waals surface area contributed by atoms with Crippen LogP contribution < -0.4 is 5.32 Å². The van der Waals surface area contributed by atoms with E-state index >= 15 is 0 Å². The Morgan fingerprint density at radius 3 is 2.76 bits per heavy atom. The lowest BCUT2D eigenvalue weighted by atomic mass is 9.94. The molecule has 2 fully saturated rings. The Kier molecular flexibility index (Phi) is 6.28. The molecule has 1 atom stereocenters. The molecule has 1 N–H and O–H groups in total. The van der Waals surface area contributed by atoms with E-state index in [1.54, 1.807) is 11.3 Å². The highest BCUT2D eigenvalue weighted by Crippen LogP contribution is 2.48. The third-order valence-corrected chi connectivity index (χ3v) is 7.36. The number of halogens is 1. The van der Waals surface area contributed by atoms with E-state index in [1.807, 2.05) is 24.3 Å². The van der Waals surface area contributed by atoms with Crippen molar-refractivity contribution in [1.29, 1.82) is 0 Å². The summed E-state index contributed by atoms with van der Waals surface area (Å²) in [5.41, 5.74) is 1.96. The van der Waals surface area contributed by atoms with E-state index in [2.05, 4.69) is 29.4 Å². The Morgan fingerprint density at radius 1 is 1.34 bits per heavy atom. The monoisotopic (exact) mass is 431 g/mol. The van der Waals surface area contributed by atoms with Gasteiger partial charge < -0.3 is 5.32 Å². The highest BCUT2D eigenvalue weighted by molar-refractivity contribution is 7.09. The van der Waals surface area contributed by atoms with Crippen LogP contribution in [0.4, 0.5) is 0 Å². The minimum absolute atomic E-state index is 0.179. The molecule has 156 valence electrons. The smallest absolute Gasteiger partial charge is 0.230 e. The molecule has 0 bridgehead atoms. The fourth-order valence-corrected chi connectivity index (χ4v) is 5.39. The number of nitrogens with zero attached hydrogens (tertiary/aromatic N) is 2. The Morgan fingerprint density at radius 2 is 2.10 bits per heavy atom. The number of carbonyl (C=O) groups excluding carboxylic acids is 1. The maximum atomic E-state index is 12.9. The molecule has 29 heavy (non-hydrogen) atoms. The summed E-state index contributed by atoms with van der Waals surface area (Å²) in [6, 6.07) is 7.76. The first-order chi connectivity index (χ1) is 14.0. The Balaban J connectivity index is 1.29. The summed E-state index contributed by atoms with van der Waals surface area (Å²) < 4.78 is 0. The quantitative estimate of drug-likeness (QED) is 0.672. The van der Waals surface area contributed by atoms with Crippen molar-refractivity contribution in [1.82, 2.24) is 15.2 Å². The van der Waals surface area contributed by atoms with Gasteiger partial charge in [-0.2, -0.15) is 0 Å². The molecule has 1 aliphatic heterocycles. The molecule has 1 aliphatic carbocycles. The van der Waals surface area contributed by atoms with Gasteiger partial charge in [-0.15, -0.1) is 11.3 Å². The van der Waals surface area contributed by atoms with Gasteiger partial charge in [0.25, 0.3) is 0 Å². The van der Waals surface area contributed by atoms with Gasteiger partial charge in [0.05, 0.1) is 17.7 Å². The number of hydrogen-bond donors (Lipinski definition) is 1. The van der Waals surface area contributed by atoms with Crippen LogP contribution in [0, 0.1) is 5.92 Å². The highest BCUT2D eigenvalue weighted by Gasteiger charge is 2.51. The molecule has 1 saturated carbocycles. The summed E-state index contributed by atoms with van der Waals surface area (Å²) in [4.78, 5) is 20.2. The van der Waals surface area contributed by atoms with Crippen molar-refractivity contribution < 1.29 is 4.79 Å². The van der Waals surface area contributed by atoms with Crippen molar-refractivity contribution in [3.05, 3.63) is 50.9 Å². The molecule has 1 amide bonds. The van der Waals surface area contributed by atoms with Crippen LogP contribution in [0.5, 0.6) is 0 Å². The average Bonchev–Trinajstić information content (AvgIpc) is 3.39. The second-order valence-electron chi connectivity index (χ2n) is 8.86. The largest absolute Gasteiger partial charge is 0.355 e. The molecule has 1 unspecified atom stereocenters. The van der Waals surface area contributed by atoms with Gasteiger partial charge in [-0.05, 0) is 61.8 Å². The van der Waals surface area contributed by atoms with E-state index in [0.29, 0.717) is 16.9 Å². The fourth-order valence-electron chi connectivity index (χ4n) is 4.26. The molecule has 1 aromatic heterocycles. The van der Waals surface area contributed by atoms with E-state index in [-0.39, 0.29) is 11.3 Å². The van der Waals surface area contributed by atoms with Crippen LogP contribution in [0.25, 0.3) is 0 Å². The van der Waals surface area contributed by atoms with E-state index < -0.39 is 0 Å². The predicted molar refractivity (Wildman–Crippen MR) is 120 cm³/mol. The third kappa shape index (κ3) is 4.84. The second kappa shape index (κ2) is 8.75. The molecule has 6 heteroatoms. The van der Waals surface area contributed by atoms with Crippen molar-refractivity contribution in [2.75, 3.05) is 19.6 Å². The van der Waals surface area contributed by atoms with Crippen LogP contribution in [-0.2, 0) is 16.8 Å². The van der Waals surface area contributed by atoms with Gasteiger partial charge in [0.2, 0.25) is 5.91 Å². The second-order valence-corrected chi connectivity index (χ2v) is 10.2. The lowest BCUT2D eigenvalue weighted by molar-refractivity contribution is -0.123. The molecule has 2 aliphatic rings. The van der Waals surface area contributed by atoms with Crippen LogP contribution in [0.15, 0.2) is 29.6 Å². The van der Waals surface area contributed by atoms with Crippen LogP contribution in [0.2, 0.25) is 5.02 Å². The lowest BCUT2D eigenvalue weighted by Gasteiger charge is -2.32. The average molecular weight is 432 g/mol. The predicted octanol–water partition coefficient (Wildman–Crippen LogP) is 4.98. The number of likely N-dealkylation sites (tertiary alicyclic amines) is 1. The van der Waals surface area contributed by atoms with Gasteiger partial charge in [-0.1, -0.05) is 37.6 Å². The summed E-state index contributed by atoms with van der Waals surface area (Å²) in [5.74, 6) is 1.18. The van der Waals surface area contributed by atoms with Crippen LogP contribution in [0.3, 0.4) is 0 Å². The van der Waals surface area contributed by atoms with Crippen molar-refractivity contribution >= 4 is 28.8 Å². The van der Waals surface area contributed by atoms with Crippen LogP contribution >= 0.6 is 22.9 Å². The van der Waals surface area contributed by atoms with Crippen molar-refractivity contribution in [2.24, 2.45) is 5.92 Å². The fraction of sp³-hybridized carbons (Fsp3) is 0.565. The Bertz CT molecular complexity index is 844. The minimum Gasteiger partial charge on any atom is -0.355 e. The number of hydrogen-bond acceptors (Lipinski definition) is 4. The maximum Gasteiger partial charge on any atom is 0.230 e. The first kappa shape index (κ1) is 20.8. The first-order valence-electron chi connectivity index (χ1n) is 10.7. The van der Waals surface area contributed by atoms with Crippen LogP contribution in [-0.4, -0.2) is 35.4 Å². The summed E-state index contributed by atoms with van der Waals surface area (Å²) in [7, 11) is 0. The number of aromatic nitrogens is 1. The molecule has 2 heterocycles. The number of nitrogens with one attached hydrogen (secondary N) is 1. The van der Waals surface area contributed by atoms with Gasteiger partial charge in [-0.3, -0.25) is 9.69 Å². The van der Waals surface area contributed by atoms with Gasteiger partial charge in [0, 0.05) is 23.5 Å². The summed E-state index contributed by atoms with van der Waals surface area (Å²) in [6.45, 7) is 8.22. The Hall–Kier alpha value is -1.43. The molecular weight excluding hydrogens is 402 g/mol. The number of rotatable bonds is 7. The zero-order valence-corrected chi connectivity index (χ0v) is 18.9. The summed E-state index contributed by atoms with van der Waals surface area (Å²) in [5, 5.41) is 7.37. The lowest BCUT2D eigenvalue weighted by Crippen LogP contribution is -2.43. The number of carbonyl (C=O) groups is 1. The summed E-state index contributed by atoms with van der Waals surface area (Å²) in [6.07, 6.45) is 4.23. The molecule has 1 aromatic carbocycles. The molecule has 4 rings (SSSR count). The van der Waals surface area contributed by atoms with Crippen LogP contribution in [0.1, 0.15) is 61.7 Å². The molecule has 1 saturated heterocycles. The molecule has 0 radical (unpaired) electrons.